The maximum atomic E-state index is 12.1. The molecule has 0 atom stereocenters. The van der Waals surface area contributed by atoms with Gasteiger partial charge in [-0.15, -0.1) is 0 Å². The van der Waals surface area contributed by atoms with Gasteiger partial charge in [0.05, 0.1) is 12.1 Å². The molecule has 0 radical (unpaired) electrons. The van der Waals surface area contributed by atoms with E-state index in [4.69, 9.17) is 0 Å². The molecule has 0 fully saturated rings. The van der Waals surface area contributed by atoms with Crippen LogP contribution in [0.2, 0.25) is 0 Å². The number of Topliss-reactive ketones (excluding diaryl/α,β-unsaturated/α-hetero) is 1. The maximum Gasteiger partial charge on any atom is 0.267 e. The first kappa shape index (κ1) is 13.8. The van der Waals surface area contributed by atoms with Gasteiger partial charge in [-0.2, -0.15) is 0 Å². The molecule has 0 aliphatic carbocycles. The number of carbonyl (C=O) groups is 2. The van der Waals surface area contributed by atoms with Crippen molar-refractivity contribution < 1.29 is 14.7 Å². The monoisotopic (exact) mass is 274 g/mol. The highest BCUT2D eigenvalue weighted by Gasteiger charge is 2.20. The number of para-hydroxylation sites is 1. The van der Waals surface area contributed by atoms with Crippen LogP contribution in [-0.4, -0.2) is 27.9 Å². The van der Waals surface area contributed by atoms with Gasteiger partial charge in [-0.1, -0.05) is 12.1 Å². The van der Waals surface area contributed by atoms with Gasteiger partial charge in [0.15, 0.2) is 0 Å². The topological polar surface area (TPSA) is 88.4 Å². The number of aromatic nitrogens is 1. The van der Waals surface area contributed by atoms with Crippen LogP contribution in [0.1, 0.15) is 17.3 Å². The van der Waals surface area contributed by atoms with E-state index < -0.39 is 11.5 Å². The van der Waals surface area contributed by atoms with Crippen molar-refractivity contribution in [1.29, 1.82) is 0 Å². The second-order valence-electron chi connectivity index (χ2n) is 4.49. The summed E-state index contributed by atoms with van der Waals surface area (Å²) in [4.78, 5) is 35.0. The second-order valence-corrected chi connectivity index (χ2v) is 4.49. The Balaban J connectivity index is 2.62. The van der Waals surface area contributed by atoms with Gasteiger partial charge in [0.1, 0.15) is 17.1 Å². The van der Waals surface area contributed by atoms with Crippen LogP contribution in [0.5, 0.6) is 5.75 Å². The quantitative estimate of drug-likeness (QED) is 0.856. The van der Waals surface area contributed by atoms with Crippen LogP contribution in [-0.2, 0) is 11.8 Å². The first-order valence-electron chi connectivity index (χ1n) is 6.01. The number of fused-ring (bicyclic) bond motifs is 1. The van der Waals surface area contributed by atoms with Gasteiger partial charge >= 0.3 is 0 Å². The van der Waals surface area contributed by atoms with Crippen molar-refractivity contribution in [3.8, 4) is 5.75 Å². The van der Waals surface area contributed by atoms with E-state index in [1.54, 1.807) is 24.3 Å². The molecule has 2 N–H and O–H groups in total. The molecule has 6 nitrogen and oxygen atoms in total. The highest BCUT2D eigenvalue weighted by atomic mass is 16.3. The number of nitrogens with one attached hydrogen (secondary N) is 1. The van der Waals surface area contributed by atoms with E-state index in [9.17, 15) is 19.5 Å². The number of amides is 1. The molecule has 0 aliphatic rings. The van der Waals surface area contributed by atoms with E-state index in [-0.39, 0.29) is 23.6 Å². The Labute approximate surface area is 114 Å². The van der Waals surface area contributed by atoms with Crippen LogP contribution in [0.4, 0.5) is 0 Å². The van der Waals surface area contributed by atoms with Gasteiger partial charge in [-0.3, -0.25) is 14.4 Å². The van der Waals surface area contributed by atoms with Crippen molar-refractivity contribution in [2.24, 2.45) is 7.05 Å². The Kier molecular flexibility index (Phi) is 3.56. The molecule has 0 spiro atoms. The Hall–Kier alpha value is -2.63. The molecule has 1 amide bonds. The molecule has 0 unspecified atom stereocenters. The standard InChI is InChI=1S/C14H14N2O4/c1-8(17)7-15-13(19)11-12(18)9-5-3-4-6-10(9)16(2)14(11)20/h3-6,18H,7H2,1-2H3,(H,15,19). The van der Waals surface area contributed by atoms with Crippen molar-refractivity contribution in [2.45, 2.75) is 6.92 Å². The number of rotatable bonds is 3. The zero-order valence-electron chi connectivity index (χ0n) is 11.1. The molecule has 0 bridgehead atoms. The highest BCUT2D eigenvalue weighted by molar-refractivity contribution is 6.03. The lowest BCUT2D eigenvalue weighted by Gasteiger charge is -2.11. The fourth-order valence-electron chi connectivity index (χ4n) is 1.98. The molecule has 1 aromatic carbocycles. The van der Waals surface area contributed by atoms with Crippen molar-refractivity contribution in [1.82, 2.24) is 9.88 Å². The first-order chi connectivity index (χ1) is 9.43. The lowest BCUT2D eigenvalue weighted by atomic mass is 10.1. The summed E-state index contributed by atoms with van der Waals surface area (Å²) < 4.78 is 1.29. The number of benzene rings is 1. The van der Waals surface area contributed by atoms with Crippen molar-refractivity contribution in [3.05, 3.63) is 40.2 Å². The Morgan fingerprint density at radius 3 is 2.60 bits per heavy atom. The normalized spacial score (nSPS) is 10.5. The van der Waals surface area contributed by atoms with Gasteiger partial charge in [0.2, 0.25) is 0 Å². The predicted molar refractivity (Wildman–Crippen MR) is 73.9 cm³/mol. The second kappa shape index (κ2) is 5.16. The summed E-state index contributed by atoms with van der Waals surface area (Å²) in [6.45, 7) is 1.13. The molecule has 2 rings (SSSR count). The SMILES string of the molecule is CC(=O)CNC(=O)c1c(O)c2ccccc2n(C)c1=O. The minimum absolute atomic E-state index is 0.186. The van der Waals surface area contributed by atoms with E-state index in [1.165, 1.54) is 18.5 Å². The van der Waals surface area contributed by atoms with Gasteiger partial charge < -0.3 is 15.0 Å². The third kappa shape index (κ3) is 2.27. The molecule has 0 aliphatic heterocycles. The van der Waals surface area contributed by atoms with Crippen molar-refractivity contribution in [2.75, 3.05) is 6.54 Å². The summed E-state index contributed by atoms with van der Waals surface area (Å²) in [7, 11) is 1.52. The Bertz CT molecular complexity index is 762. The number of aromatic hydroxyl groups is 1. The number of ketones is 1. The summed E-state index contributed by atoms with van der Waals surface area (Å²) in [6, 6.07) is 6.72. The van der Waals surface area contributed by atoms with Crippen molar-refractivity contribution >= 4 is 22.6 Å². The fourth-order valence-corrected chi connectivity index (χ4v) is 1.98. The van der Waals surface area contributed by atoms with Crippen LogP contribution >= 0.6 is 0 Å². The lowest BCUT2D eigenvalue weighted by Crippen LogP contribution is -2.34. The number of pyridine rings is 1. The summed E-state index contributed by atoms with van der Waals surface area (Å²) in [5.74, 6) is -1.37. The smallest absolute Gasteiger partial charge is 0.267 e. The molecular weight excluding hydrogens is 260 g/mol. The van der Waals surface area contributed by atoms with E-state index in [0.717, 1.165) is 0 Å². The van der Waals surface area contributed by atoms with Gasteiger partial charge in [0.25, 0.3) is 11.5 Å². The average Bonchev–Trinajstić information content (AvgIpc) is 2.43. The minimum Gasteiger partial charge on any atom is -0.506 e. The summed E-state index contributed by atoms with van der Waals surface area (Å²) >= 11 is 0. The zero-order chi connectivity index (χ0) is 14.9. The minimum atomic E-state index is -0.760. The molecule has 6 heteroatoms. The number of carbonyl (C=O) groups excluding carboxylic acids is 2. The molecule has 104 valence electrons. The van der Waals surface area contributed by atoms with Gasteiger partial charge in [-0.05, 0) is 19.1 Å². The molecule has 20 heavy (non-hydrogen) atoms. The molecule has 1 heterocycles. The Morgan fingerprint density at radius 1 is 1.30 bits per heavy atom. The van der Waals surface area contributed by atoms with E-state index in [1.807, 2.05) is 0 Å². The number of hydrogen-bond acceptors (Lipinski definition) is 4. The third-order valence-electron chi connectivity index (χ3n) is 3.00. The van der Waals surface area contributed by atoms with Gasteiger partial charge in [-0.25, -0.2) is 0 Å². The van der Waals surface area contributed by atoms with Crippen LogP contribution < -0.4 is 10.9 Å². The summed E-state index contributed by atoms with van der Waals surface area (Å²) in [5, 5.41) is 12.8. The number of hydrogen-bond donors (Lipinski definition) is 2. The summed E-state index contributed by atoms with van der Waals surface area (Å²) in [5.41, 5.74) is -0.437. The summed E-state index contributed by atoms with van der Waals surface area (Å²) in [6.07, 6.45) is 0. The predicted octanol–water partition coefficient (Wildman–Crippen LogP) is 0.563. The van der Waals surface area contributed by atoms with E-state index in [0.29, 0.717) is 10.9 Å². The van der Waals surface area contributed by atoms with Crippen LogP contribution in [0.3, 0.4) is 0 Å². The maximum absolute atomic E-state index is 12.1. The van der Waals surface area contributed by atoms with Crippen molar-refractivity contribution in [3.63, 3.8) is 0 Å². The van der Waals surface area contributed by atoms with Crippen LogP contribution in [0, 0.1) is 0 Å². The fraction of sp³-hybridized carbons (Fsp3) is 0.214. The largest absolute Gasteiger partial charge is 0.506 e. The van der Waals surface area contributed by atoms with E-state index >= 15 is 0 Å². The van der Waals surface area contributed by atoms with Crippen LogP contribution in [0.15, 0.2) is 29.1 Å². The highest BCUT2D eigenvalue weighted by Crippen LogP contribution is 2.25. The number of aryl methyl sites for hydroxylation is 1. The van der Waals surface area contributed by atoms with Gasteiger partial charge in [0, 0.05) is 12.4 Å². The van der Waals surface area contributed by atoms with E-state index in [2.05, 4.69) is 5.32 Å². The average molecular weight is 274 g/mol. The Morgan fingerprint density at radius 2 is 1.95 bits per heavy atom. The molecular formula is C14H14N2O4. The third-order valence-corrected chi connectivity index (χ3v) is 3.00. The molecule has 1 aromatic heterocycles. The lowest BCUT2D eigenvalue weighted by molar-refractivity contribution is -0.116. The first-order valence-corrected chi connectivity index (χ1v) is 6.01. The zero-order valence-corrected chi connectivity index (χ0v) is 11.1. The number of nitrogens with zero attached hydrogens (tertiary/aromatic N) is 1. The van der Waals surface area contributed by atoms with Crippen LogP contribution in [0.25, 0.3) is 10.9 Å². The molecule has 0 saturated heterocycles. The molecule has 2 aromatic rings. The molecule has 0 saturated carbocycles.